The van der Waals surface area contributed by atoms with Crippen LogP contribution in [0.1, 0.15) is 99.3 Å². The highest BCUT2D eigenvalue weighted by Crippen LogP contribution is 2.17. The van der Waals surface area contributed by atoms with Crippen LogP contribution in [0.25, 0.3) is 0 Å². The second-order valence-corrected chi connectivity index (χ2v) is 15.1. The Labute approximate surface area is 323 Å². The number of amides is 2. The van der Waals surface area contributed by atoms with E-state index in [1.54, 1.807) is 20.8 Å². The van der Waals surface area contributed by atoms with Gasteiger partial charge in [-0.05, 0) is 46.5 Å². The van der Waals surface area contributed by atoms with E-state index in [1.165, 1.54) is 0 Å². The first-order valence-electron chi connectivity index (χ1n) is 18.5. The largest absolute Gasteiger partial charge is 0.481 e. The number of carboxylic acids is 3. The van der Waals surface area contributed by atoms with Crippen LogP contribution in [0.3, 0.4) is 0 Å². The molecule has 0 unspecified atom stereocenters. The molecule has 2 amide bonds. The quantitative estimate of drug-likeness (QED) is 0.0515. The molecule has 55 heavy (non-hydrogen) atoms. The van der Waals surface area contributed by atoms with Crippen molar-refractivity contribution >= 4 is 47.1 Å². The normalized spacial score (nSPS) is 13.3. The van der Waals surface area contributed by atoms with E-state index in [2.05, 4.69) is 16.0 Å². The lowest BCUT2D eigenvalue weighted by molar-refractivity contribution is -0.145. The number of aliphatic carboxylic acids is 3. The van der Waals surface area contributed by atoms with Crippen molar-refractivity contribution in [2.75, 3.05) is 59.4 Å². The molecule has 0 saturated carbocycles. The third kappa shape index (κ3) is 28.3. The molecule has 18 nitrogen and oxygen atoms in total. The molecule has 6 N–H and O–H groups in total. The summed E-state index contributed by atoms with van der Waals surface area (Å²) in [5.74, 6) is -6.81. The Balaban J connectivity index is 4.19. The molecule has 0 aromatic rings. The van der Waals surface area contributed by atoms with Crippen LogP contribution >= 0.6 is 0 Å². The van der Waals surface area contributed by atoms with Gasteiger partial charge in [0.05, 0.1) is 39.0 Å². The summed E-state index contributed by atoms with van der Waals surface area (Å²) >= 11 is 0. The zero-order valence-corrected chi connectivity index (χ0v) is 33.2. The summed E-state index contributed by atoms with van der Waals surface area (Å²) in [4.78, 5) is 95.7. The first kappa shape index (κ1) is 51.2. The van der Waals surface area contributed by atoms with E-state index < -0.39 is 65.0 Å². The van der Waals surface area contributed by atoms with Crippen molar-refractivity contribution in [2.24, 2.45) is 11.3 Å². The van der Waals surface area contributed by atoms with Crippen molar-refractivity contribution in [3.63, 3.8) is 0 Å². The average Bonchev–Trinajstić information content (AvgIpc) is 3.07. The fourth-order valence-corrected chi connectivity index (χ4v) is 4.71. The minimum atomic E-state index is -1.38. The van der Waals surface area contributed by atoms with Crippen molar-refractivity contribution in [2.45, 2.75) is 117 Å². The first-order valence-corrected chi connectivity index (χ1v) is 18.5. The Hall–Kier alpha value is -3.84. The van der Waals surface area contributed by atoms with Gasteiger partial charge in [0.2, 0.25) is 11.8 Å². The lowest BCUT2D eigenvalue weighted by atomic mass is 9.91. The number of rotatable bonds is 33. The van der Waals surface area contributed by atoms with Gasteiger partial charge in [-0.1, -0.05) is 20.8 Å². The predicted molar refractivity (Wildman–Crippen MR) is 197 cm³/mol. The fraction of sp³-hybridized carbons (Fsp3) is 0.784. The van der Waals surface area contributed by atoms with Gasteiger partial charge in [-0.3, -0.25) is 38.9 Å². The van der Waals surface area contributed by atoms with Gasteiger partial charge in [0.1, 0.15) is 36.9 Å². The highest BCUT2D eigenvalue weighted by molar-refractivity contribution is 5.87. The number of carboxylic acid groups (broad SMARTS) is 3. The lowest BCUT2D eigenvalue weighted by Crippen LogP contribution is -2.47. The van der Waals surface area contributed by atoms with Crippen molar-refractivity contribution in [1.82, 2.24) is 16.0 Å². The summed E-state index contributed by atoms with van der Waals surface area (Å²) in [5, 5.41) is 36.3. The van der Waals surface area contributed by atoms with Crippen LogP contribution < -0.4 is 16.0 Å². The van der Waals surface area contributed by atoms with Crippen LogP contribution in [0, 0.1) is 11.3 Å². The molecule has 0 bridgehead atoms. The zero-order chi connectivity index (χ0) is 42.0. The Bertz CT molecular complexity index is 1240. The standard InChI is InChI=1S/C37H63N3O15/c1-36(2,3)30(43)23-54-20-19-53-17-15-38-32(45)24-55-21-18-52-16-7-8-26(41)10-12-28(34(48)49)39-31(44)14-9-25(33(46)47)22-27(42)11-13-29(35(50)51)40-37(4,5)6/h25,28-29,40H,7-24H2,1-6H3,(H,38,45)(H,39,44)(H,46,47)(H,48,49)(H,50,51)/t25-,28+,29+/m1/s1. The van der Waals surface area contributed by atoms with Crippen LogP contribution in [0.4, 0.5) is 0 Å². The van der Waals surface area contributed by atoms with Gasteiger partial charge in [0.15, 0.2) is 5.78 Å². The molecule has 0 heterocycles. The van der Waals surface area contributed by atoms with Gasteiger partial charge in [-0.15, -0.1) is 0 Å². The molecule has 0 spiro atoms. The number of nitrogens with one attached hydrogen (secondary N) is 3. The summed E-state index contributed by atoms with van der Waals surface area (Å²) < 4.78 is 21.3. The third-order valence-electron chi connectivity index (χ3n) is 7.87. The maximum atomic E-state index is 12.5. The molecule has 0 aliphatic carbocycles. The molecule has 0 aliphatic heterocycles. The summed E-state index contributed by atoms with van der Waals surface area (Å²) in [6.45, 7) is 12.3. The summed E-state index contributed by atoms with van der Waals surface area (Å²) in [6.07, 6.45) is -1.06. The maximum absolute atomic E-state index is 12.5. The van der Waals surface area contributed by atoms with E-state index in [0.29, 0.717) is 6.42 Å². The Morgan fingerprint density at radius 3 is 1.67 bits per heavy atom. The van der Waals surface area contributed by atoms with Crippen LogP contribution in [-0.4, -0.2) is 139 Å². The first-order chi connectivity index (χ1) is 25.6. The Kier molecular flexibility index (Phi) is 25.8. The SMILES string of the molecule is CC(C)(C)N[C@@H](CCC(=O)C[C@@H](CCC(=O)N[C@@H](CCC(=O)CCCOCCOCC(=O)NCCOCCOCC(=O)C(C)(C)C)C(=O)O)C(=O)O)C(=O)O. The lowest BCUT2D eigenvalue weighted by Gasteiger charge is -2.25. The molecule has 3 atom stereocenters. The number of hydrogen-bond donors (Lipinski definition) is 6. The van der Waals surface area contributed by atoms with E-state index in [-0.39, 0.29) is 122 Å². The molecule has 0 radical (unpaired) electrons. The van der Waals surface area contributed by atoms with Crippen molar-refractivity contribution in [3.05, 3.63) is 0 Å². The summed E-state index contributed by atoms with van der Waals surface area (Å²) in [5.41, 5.74) is -0.975. The van der Waals surface area contributed by atoms with Gasteiger partial charge < -0.3 is 44.9 Å². The van der Waals surface area contributed by atoms with E-state index in [1.807, 2.05) is 20.8 Å². The second-order valence-electron chi connectivity index (χ2n) is 15.1. The monoisotopic (exact) mass is 789 g/mol. The Morgan fingerprint density at radius 1 is 0.564 bits per heavy atom. The second kappa shape index (κ2) is 27.7. The van der Waals surface area contributed by atoms with Gasteiger partial charge in [-0.25, -0.2) is 4.79 Å². The number of hydrogen-bond acceptors (Lipinski definition) is 13. The summed E-state index contributed by atoms with van der Waals surface area (Å²) in [7, 11) is 0. The molecular weight excluding hydrogens is 726 g/mol. The van der Waals surface area contributed by atoms with Gasteiger partial charge in [0.25, 0.3) is 0 Å². The number of Topliss-reactive ketones (excluding diaryl/α,β-unsaturated/α-hetero) is 3. The van der Waals surface area contributed by atoms with E-state index in [9.17, 15) is 53.7 Å². The number of carbonyl (C=O) groups is 8. The molecular formula is C37H63N3O15. The van der Waals surface area contributed by atoms with Gasteiger partial charge in [-0.2, -0.15) is 0 Å². The molecule has 0 saturated heterocycles. The minimum Gasteiger partial charge on any atom is -0.481 e. The van der Waals surface area contributed by atoms with Crippen LogP contribution in [0.5, 0.6) is 0 Å². The van der Waals surface area contributed by atoms with Crippen LogP contribution in [0.15, 0.2) is 0 Å². The topological polar surface area (TPSA) is 270 Å². The highest BCUT2D eigenvalue weighted by Gasteiger charge is 2.28. The van der Waals surface area contributed by atoms with Crippen molar-refractivity contribution in [3.8, 4) is 0 Å². The molecule has 0 aromatic carbocycles. The number of ketones is 3. The fourth-order valence-electron chi connectivity index (χ4n) is 4.71. The molecule has 0 fully saturated rings. The highest BCUT2D eigenvalue weighted by atomic mass is 16.5. The predicted octanol–water partition coefficient (Wildman–Crippen LogP) is 1.54. The van der Waals surface area contributed by atoms with Gasteiger partial charge >= 0.3 is 17.9 Å². The van der Waals surface area contributed by atoms with E-state index in [0.717, 1.165) is 0 Å². The summed E-state index contributed by atoms with van der Waals surface area (Å²) in [6, 6.07) is -2.38. The minimum absolute atomic E-state index is 0.00235. The average molecular weight is 790 g/mol. The van der Waals surface area contributed by atoms with Crippen molar-refractivity contribution in [1.29, 1.82) is 0 Å². The van der Waals surface area contributed by atoms with E-state index >= 15 is 0 Å². The number of ether oxygens (including phenoxy) is 4. The molecule has 18 heteroatoms. The Morgan fingerprint density at radius 2 is 1.11 bits per heavy atom. The van der Waals surface area contributed by atoms with Crippen LogP contribution in [-0.2, 0) is 57.3 Å². The third-order valence-corrected chi connectivity index (χ3v) is 7.87. The zero-order valence-electron chi connectivity index (χ0n) is 33.2. The van der Waals surface area contributed by atoms with Gasteiger partial charge in [0, 0.05) is 56.2 Å². The molecule has 316 valence electrons. The van der Waals surface area contributed by atoms with Crippen LogP contribution in [0.2, 0.25) is 0 Å². The smallest absolute Gasteiger partial charge is 0.326 e. The molecule has 0 rings (SSSR count). The molecule has 0 aromatic heterocycles. The van der Waals surface area contributed by atoms with E-state index in [4.69, 9.17) is 18.9 Å². The van der Waals surface area contributed by atoms with Crippen molar-refractivity contribution < 1.29 is 72.6 Å². The maximum Gasteiger partial charge on any atom is 0.326 e. The number of carbonyl (C=O) groups excluding carboxylic acids is 5. The molecule has 0 aliphatic rings.